The minimum absolute atomic E-state index is 0.0263. The largest absolute Gasteiger partial charge is 0.496 e. The van der Waals surface area contributed by atoms with E-state index in [1.54, 1.807) is 18.0 Å². The van der Waals surface area contributed by atoms with Crippen LogP contribution in [0.2, 0.25) is 0 Å². The minimum atomic E-state index is -3.04. The topological polar surface area (TPSA) is 87.2 Å². The van der Waals surface area contributed by atoms with Gasteiger partial charge in [0.25, 0.3) is 0 Å². The van der Waals surface area contributed by atoms with Crippen molar-refractivity contribution in [3.63, 3.8) is 0 Å². The van der Waals surface area contributed by atoms with Crippen LogP contribution in [0, 0.1) is 6.92 Å². The summed E-state index contributed by atoms with van der Waals surface area (Å²) in [5.41, 5.74) is 8.96. The number of hydrogen-bond acceptors (Lipinski definition) is 5. The number of methoxy groups -OCH3 is 1. The molecule has 2 aromatic rings. The maximum atomic E-state index is 11.2. The van der Waals surface area contributed by atoms with Crippen LogP contribution < -0.4 is 10.5 Å². The Morgan fingerprint density at radius 3 is 2.71 bits per heavy atom. The zero-order valence-electron chi connectivity index (χ0n) is 12.3. The summed E-state index contributed by atoms with van der Waals surface area (Å²) in [6, 6.07) is 5.75. The first-order valence-corrected chi connectivity index (χ1v) is 8.52. The van der Waals surface area contributed by atoms with Crippen molar-refractivity contribution in [2.75, 3.05) is 24.9 Å². The molecule has 2 rings (SSSR count). The van der Waals surface area contributed by atoms with Gasteiger partial charge in [0.1, 0.15) is 21.3 Å². The molecule has 0 fully saturated rings. The summed E-state index contributed by atoms with van der Waals surface area (Å²) >= 11 is 0. The lowest BCUT2D eigenvalue weighted by atomic mass is 10.1. The number of sulfone groups is 1. The first-order chi connectivity index (χ1) is 9.80. The van der Waals surface area contributed by atoms with Crippen LogP contribution in [0.15, 0.2) is 24.4 Å². The van der Waals surface area contributed by atoms with Gasteiger partial charge >= 0.3 is 0 Å². The van der Waals surface area contributed by atoms with Gasteiger partial charge in [-0.15, -0.1) is 0 Å². The smallest absolute Gasteiger partial charge is 0.149 e. The molecule has 0 saturated carbocycles. The van der Waals surface area contributed by atoms with E-state index in [0.717, 1.165) is 11.1 Å². The van der Waals surface area contributed by atoms with E-state index in [-0.39, 0.29) is 12.3 Å². The van der Waals surface area contributed by atoms with Gasteiger partial charge in [0, 0.05) is 18.0 Å². The van der Waals surface area contributed by atoms with Crippen molar-refractivity contribution in [3.05, 3.63) is 30.0 Å². The van der Waals surface area contributed by atoms with Gasteiger partial charge in [-0.25, -0.2) is 8.42 Å². The van der Waals surface area contributed by atoms with Gasteiger partial charge < -0.3 is 10.5 Å². The van der Waals surface area contributed by atoms with Gasteiger partial charge in [-0.3, -0.25) is 4.68 Å². The molecule has 0 aliphatic carbocycles. The molecule has 6 nitrogen and oxygen atoms in total. The fourth-order valence-electron chi connectivity index (χ4n) is 2.03. The highest BCUT2D eigenvalue weighted by Gasteiger charge is 2.14. The molecule has 0 saturated heterocycles. The lowest BCUT2D eigenvalue weighted by molar-refractivity contribution is 0.416. The zero-order chi connectivity index (χ0) is 15.6. The van der Waals surface area contributed by atoms with Crippen LogP contribution in [0.4, 0.5) is 5.69 Å². The third-order valence-corrected chi connectivity index (χ3v) is 4.02. The van der Waals surface area contributed by atoms with Gasteiger partial charge in [0.05, 0.1) is 25.1 Å². The fraction of sp³-hybridized carbons (Fsp3) is 0.357. The average Bonchev–Trinajstić information content (AvgIpc) is 2.77. The quantitative estimate of drug-likeness (QED) is 0.904. The predicted molar refractivity (Wildman–Crippen MR) is 83.1 cm³/mol. The van der Waals surface area contributed by atoms with Crippen molar-refractivity contribution in [1.29, 1.82) is 0 Å². The van der Waals surface area contributed by atoms with Crippen LogP contribution >= 0.6 is 0 Å². The number of nitrogens with zero attached hydrogens (tertiary/aromatic N) is 2. The van der Waals surface area contributed by atoms with Gasteiger partial charge in [0.15, 0.2) is 0 Å². The van der Waals surface area contributed by atoms with Crippen molar-refractivity contribution in [3.8, 4) is 17.0 Å². The molecule has 0 radical (unpaired) electrons. The average molecular weight is 309 g/mol. The van der Waals surface area contributed by atoms with Crippen molar-refractivity contribution in [2.45, 2.75) is 13.5 Å². The van der Waals surface area contributed by atoms with Crippen LogP contribution in [0.1, 0.15) is 5.56 Å². The minimum Gasteiger partial charge on any atom is -0.496 e. The number of hydrogen-bond donors (Lipinski definition) is 1. The normalized spacial score (nSPS) is 11.6. The van der Waals surface area contributed by atoms with Gasteiger partial charge in [-0.05, 0) is 19.1 Å². The molecule has 1 aromatic heterocycles. The number of nitrogens with two attached hydrogens (primary N) is 1. The van der Waals surface area contributed by atoms with Gasteiger partial charge in [0.2, 0.25) is 0 Å². The molecule has 21 heavy (non-hydrogen) atoms. The number of benzene rings is 1. The zero-order valence-corrected chi connectivity index (χ0v) is 13.1. The standard InChI is InChI=1S/C14H19N3O3S/c1-10-4-5-13(20-2)11(8-10)14-12(15)9-17(16-14)6-7-21(3,18)19/h4-5,8-9H,6-7,15H2,1-3H3. The maximum Gasteiger partial charge on any atom is 0.149 e. The Morgan fingerprint density at radius 2 is 2.10 bits per heavy atom. The first-order valence-electron chi connectivity index (χ1n) is 6.46. The summed E-state index contributed by atoms with van der Waals surface area (Å²) in [5.74, 6) is 0.707. The third kappa shape index (κ3) is 3.75. The van der Waals surface area contributed by atoms with E-state index in [1.807, 2.05) is 25.1 Å². The second-order valence-corrected chi connectivity index (χ2v) is 7.29. The predicted octanol–water partition coefficient (Wildman–Crippen LogP) is 1.49. The van der Waals surface area contributed by atoms with E-state index in [2.05, 4.69) is 5.10 Å². The van der Waals surface area contributed by atoms with Crippen LogP contribution in [0.25, 0.3) is 11.3 Å². The van der Waals surface area contributed by atoms with Crippen molar-refractivity contribution in [1.82, 2.24) is 9.78 Å². The van der Waals surface area contributed by atoms with Crippen molar-refractivity contribution >= 4 is 15.5 Å². The Balaban J connectivity index is 2.37. The van der Waals surface area contributed by atoms with E-state index >= 15 is 0 Å². The summed E-state index contributed by atoms with van der Waals surface area (Å²) < 4.78 is 29.3. The summed E-state index contributed by atoms with van der Waals surface area (Å²) in [5, 5.41) is 4.38. The third-order valence-electron chi connectivity index (χ3n) is 3.09. The molecule has 0 aliphatic heterocycles. The second kappa shape index (κ2) is 5.77. The molecule has 0 aliphatic rings. The monoisotopic (exact) mass is 309 g/mol. The molecule has 0 spiro atoms. The lowest BCUT2D eigenvalue weighted by Gasteiger charge is -2.08. The fourth-order valence-corrected chi connectivity index (χ4v) is 2.55. The molecule has 0 atom stereocenters. The van der Waals surface area contributed by atoms with Crippen molar-refractivity contribution in [2.24, 2.45) is 0 Å². The number of rotatable bonds is 5. The van der Waals surface area contributed by atoms with Crippen LogP contribution in [-0.4, -0.2) is 37.3 Å². The highest BCUT2D eigenvalue weighted by atomic mass is 32.2. The van der Waals surface area contributed by atoms with Crippen LogP contribution in [0.3, 0.4) is 0 Å². The van der Waals surface area contributed by atoms with Crippen LogP contribution in [-0.2, 0) is 16.4 Å². The first kappa shape index (κ1) is 15.4. The number of nitrogen functional groups attached to an aromatic ring is 1. The molecule has 1 aromatic carbocycles. The number of aromatic nitrogens is 2. The second-order valence-electron chi connectivity index (χ2n) is 5.03. The Hall–Kier alpha value is -2.02. The molecule has 7 heteroatoms. The Bertz CT molecular complexity index is 751. The Kier molecular flexibility index (Phi) is 4.22. The van der Waals surface area contributed by atoms with Gasteiger partial charge in [-0.2, -0.15) is 5.10 Å². The van der Waals surface area contributed by atoms with Crippen molar-refractivity contribution < 1.29 is 13.2 Å². The van der Waals surface area contributed by atoms with Crippen LogP contribution in [0.5, 0.6) is 5.75 Å². The SMILES string of the molecule is COc1ccc(C)cc1-c1nn(CCS(C)(=O)=O)cc1N. The number of aryl methyl sites for hydroxylation is 2. The molecular formula is C14H19N3O3S. The summed E-state index contributed by atoms with van der Waals surface area (Å²) in [4.78, 5) is 0. The van der Waals surface area contributed by atoms with E-state index in [9.17, 15) is 8.42 Å². The van der Waals surface area contributed by atoms with Gasteiger partial charge in [-0.1, -0.05) is 11.6 Å². The summed E-state index contributed by atoms with van der Waals surface area (Å²) in [6.45, 7) is 2.25. The molecule has 0 unspecified atom stereocenters. The molecule has 114 valence electrons. The Morgan fingerprint density at radius 1 is 1.38 bits per heavy atom. The summed E-state index contributed by atoms with van der Waals surface area (Å²) in [6.07, 6.45) is 2.84. The molecule has 0 bridgehead atoms. The maximum absolute atomic E-state index is 11.2. The molecular weight excluding hydrogens is 290 g/mol. The van der Waals surface area contributed by atoms with E-state index < -0.39 is 9.84 Å². The Labute approximate surface area is 124 Å². The molecule has 1 heterocycles. The highest BCUT2D eigenvalue weighted by Crippen LogP contribution is 2.33. The number of anilines is 1. The molecule has 2 N–H and O–H groups in total. The van der Waals surface area contributed by atoms with E-state index in [1.165, 1.54) is 6.26 Å². The molecule has 0 amide bonds. The highest BCUT2D eigenvalue weighted by molar-refractivity contribution is 7.90. The summed E-state index contributed by atoms with van der Waals surface area (Å²) in [7, 11) is -1.45. The lowest BCUT2D eigenvalue weighted by Crippen LogP contribution is -2.11. The van der Waals surface area contributed by atoms with E-state index in [0.29, 0.717) is 17.1 Å². The number of ether oxygens (including phenoxy) is 1. The van der Waals surface area contributed by atoms with E-state index in [4.69, 9.17) is 10.5 Å².